The van der Waals surface area contributed by atoms with Crippen molar-refractivity contribution in [2.24, 2.45) is 0 Å². The normalized spacial score (nSPS) is 16.5. The first-order valence-corrected chi connectivity index (χ1v) is 6.33. The van der Waals surface area contributed by atoms with E-state index < -0.39 is 5.41 Å². The van der Waals surface area contributed by atoms with Crippen LogP contribution in [0.15, 0.2) is 54.6 Å². The molecule has 0 heterocycles. The third-order valence-corrected chi connectivity index (χ3v) is 3.74. The van der Waals surface area contributed by atoms with Crippen molar-refractivity contribution >= 4 is 5.78 Å². The molecule has 1 aliphatic carbocycles. The SMILES string of the molecule is N#CC1(c2ccccc2-c2ccccc2)CC(=O)C1. The molecule has 1 aliphatic rings. The van der Waals surface area contributed by atoms with Crippen molar-refractivity contribution in [3.8, 4) is 17.2 Å². The van der Waals surface area contributed by atoms with Gasteiger partial charge in [-0.2, -0.15) is 5.26 Å². The van der Waals surface area contributed by atoms with Crippen molar-refractivity contribution < 1.29 is 4.79 Å². The van der Waals surface area contributed by atoms with Gasteiger partial charge in [0.05, 0.1) is 11.5 Å². The molecule has 2 aromatic carbocycles. The van der Waals surface area contributed by atoms with Gasteiger partial charge < -0.3 is 0 Å². The van der Waals surface area contributed by atoms with Crippen LogP contribution in [0.1, 0.15) is 18.4 Å². The monoisotopic (exact) mass is 247 g/mol. The molecule has 1 saturated carbocycles. The maximum absolute atomic E-state index is 11.3. The van der Waals surface area contributed by atoms with Crippen molar-refractivity contribution in [2.75, 3.05) is 0 Å². The average molecular weight is 247 g/mol. The van der Waals surface area contributed by atoms with Gasteiger partial charge in [0.1, 0.15) is 5.78 Å². The van der Waals surface area contributed by atoms with Crippen LogP contribution in [0.25, 0.3) is 11.1 Å². The maximum atomic E-state index is 11.3. The quantitative estimate of drug-likeness (QED) is 0.815. The van der Waals surface area contributed by atoms with E-state index in [9.17, 15) is 10.1 Å². The van der Waals surface area contributed by atoms with Gasteiger partial charge in [-0.15, -0.1) is 0 Å². The fourth-order valence-electron chi connectivity index (χ4n) is 2.72. The number of carbonyl (C=O) groups is 1. The molecule has 0 unspecified atom stereocenters. The minimum atomic E-state index is -0.622. The molecular weight excluding hydrogens is 234 g/mol. The van der Waals surface area contributed by atoms with Crippen LogP contribution in [-0.4, -0.2) is 5.78 Å². The van der Waals surface area contributed by atoms with E-state index in [-0.39, 0.29) is 5.78 Å². The molecule has 0 radical (unpaired) electrons. The second kappa shape index (κ2) is 4.37. The Balaban J connectivity index is 2.14. The molecule has 92 valence electrons. The summed E-state index contributed by atoms with van der Waals surface area (Å²) < 4.78 is 0. The molecule has 1 fully saturated rings. The summed E-state index contributed by atoms with van der Waals surface area (Å²) in [5, 5.41) is 9.48. The van der Waals surface area contributed by atoms with Gasteiger partial charge in [0, 0.05) is 12.8 Å². The summed E-state index contributed by atoms with van der Waals surface area (Å²) in [6.45, 7) is 0. The lowest BCUT2D eigenvalue weighted by Crippen LogP contribution is -2.40. The Morgan fingerprint density at radius 1 is 0.947 bits per heavy atom. The van der Waals surface area contributed by atoms with Gasteiger partial charge >= 0.3 is 0 Å². The predicted molar refractivity (Wildman–Crippen MR) is 73.4 cm³/mol. The highest BCUT2D eigenvalue weighted by Gasteiger charge is 2.46. The Morgan fingerprint density at radius 3 is 2.21 bits per heavy atom. The van der Waals surface area contributed by atoms with Crippen LogP contribution < -0.4 is 0 Å². The number of carbonyl (C=O) groups excluding carboxylic acids is 1. The zero-order chi connectivity index (χ0) is 13.3. The van der Waals surface area contributed by atoms with E-state index in [2.05, 4.69) is 6.07 Å². The second-order valence-corrected chi connectivity index (χ2v) is 5.00. The fraction of sp³-hybridized carbons (Fsp3) is 0.176. The number of Topliss-reactive ketones (excluding diaryl/α,β-unsaturated/α-hetero) is 1. The lowest BCUT2D eigenvalue weighted by Gasteiger charge is -2.35. The minimum Gasteiger partial charge on any atom is -0.300 e. The first-order chi connectivity index (χ1) is 9.25. The maximum Gasteiger partial charge on any atom is 0.136 e. The molecule has 0 aliphatic heterocycles. The number of rotatable bonds is 2. The van der Waals surface area contributed by atoms with Crippen molar-refractivity contribution in [2.45, 2.75) is 18.3 Å². The van der Waals surface area contributed by atoms with E-state index in [4.69, 9.17) is 0 Å². The molecule has 0 spiro atoms. The highest BCUT2D eigenvalue weighted by Crippen LogP contribution is 2.44. The van der Waals surface area contributed by atoms with Crippen molar-refractivity contribution in [1.82, 2.24) is 0 Å². The van der Waals surface area contributed by atoms with E-state index in [0.29, 0.717) is 12.8 Å². The molecule has 2 aromatic rings. The van der Waals surface area contributed by atoms with Gasteiger partial charge in [-0.25, -0.2) is 0 Å². The number of nitriles is 1. The van der Waals surface area contributed by atoms with Gasteiger partial charge in [0.2, 0.25) is 0 Å². The van der Waals surface area contributed by atoms with Crippen LogP contribution in [0.3, 0.4) is 0 Å². The van der Waals surface area contributed by atoms with E-state index in [1.807, 2.05) is 54.6 Å². The van der Waals surface area contributed by atoms with Crippen LogP contribution in [0.5, 0.6) is 0 Å². The van der Waals surface area contributed by atoms with E-state index >= 15 is 0 Å². The van der Waals surface area contributed by atoms with Gasteiger partial charge in [0.25, 0.3) is 0 Å². The van der Waals surface area contributed by atoms with Gasteiger partial charge in [-0.05, 0) is 16.7 Å². The second-order valence-electron chi connectivity index (χ2n) is 5.00. The average Bonchev–Trinajstić information content (AvgIpc) is 2.45. The summed E-state index contributed by atoms with van der Waals surface area (Å²) in [7, 11) is 0. The van der Waals surface area contributed by atoms with Crippen molar-refractivity contribution in [3.05, 3.63) is 60.2 Å². The van der Waals surface area contributed by atoms with E-state index in [0.717, 1.165) is 16.7 Å². The van der Waals surface area contributed by atoms with Crippen LogP contribution in [0, 0.1) is 11.3 Å². The van der Waals surface area contributed by atoms with Crippen molar-refractivity contribution in [3.63, 3.8) is 0 Å². The highest BCUT2D eigenvalue weighted by molar-refractivity contribution is 5.91. The van der Waals surface area contributed by atoms with E-state index in [1.54, 1.807) is 0 Å². The Bertz CT molecular complexity index is 659. The first-order valence-electron chi connectivity index (χ1n) is 6.33. The summed E-state index contributed by atoms with van der Waals surface area (Å²) in [4.78, 5) is 11.3. The Kier molecular flexibility index (Phi) is 2.68. The van der Waals surface area contributed by atoms with Crippen LogP contribution in [0.4, 0.5) is 0 Å². The molecule has 0 saturated heterocycles. The lowest BCUT2D eigenvalue weighted by molar-refractivity contribution is -0.126. The van der Waals surface area contributed by atoms with Crippen LogP contribution >= 0.6 is 0 Å². The van der Waals surface area contributed by atoms with E-state index in [1.165, 1.54) is 0 Å². The zero-order valence-electron chi connectivity index (χ0n) is 10.5. The number of nitrogens with zero attached hydrogens (tertiary/aromatic N) is 1. The van der Waals surface area contributed by atoms with Gasteiger partial charge in [0.15, 0.2) is 0 Å². The molecule has 0 amide bonds. The summed E-state index contributed by atoms with van der Waals surface area (Å²) in [5.41, 5.74) is 2.50. The Morgan fingerprint density at radius 2 is 1.58 bits per heavy atom. The molecule has 0 aromatic heterocycles. The minimum absolute atomic E-state index is 0.171. The fourth-order valence-corrected chi connectivity index (χ4v) is 2.72. The lowest BCUT2D eigenvalue weighted by atomic mass is 9.63. The molecule has 3 rings (SSSR count). The largest absolute Gasteiger partial charge is 0.300 e. The topological polar surface area (TPSA) is 40.9 Å². The summed E-state index contributed by atoms with van der Waals surface area (Å²) >= 11 is 0. The summed E-state index contributed by atoms with van der Waals surface area (Å²) in [5.74, 6) is 0.171. The van der Waals surface area contributed by atoms with Crippen LogP contribution in [0.2, 0.25) is 0 Å². The standard InChI is InChI=1S/C17H13NO/c18-12-17(10-14(19)11-17)16-9-5-4-8-15(16)13-6-2-1-3-7-13/h1-9H,10-11H2. The smallest absolute Gasteiger partial charge is 0.136 e. The molecule has 0 atom stereocenters. The van der Waals surface area contributed by atoms with Crippen LogP contribution in [-0.2, 0) is 10.2 Å². The van der Waals surface area contributed by atoms with Crippen molar-refractivity contribution in [1.29, 1.82) is 5.26 Å². The molecule has 0 N–H and O–H groups in total. The number of hydrogen-bond donors (Lipinski definition) is 0. The Labute approximate surface area is 112 Å². The zero-order valence-corrected chi connectivity index (χ0v) is 10.5. The predicted octanol–water partition coefficient (Wildman–Crippen LogP) is 3.48. The first kappa shape index (κ1) is 11.7. The van der Waals surface area contributed by atoms with Gasteiger partial charge in [-0.1, -0.05) is 54.6 Å². The number of benzene rings is 2. The summed E-state index contributed by atoms with van der Waals surface area (Å²) in [6.07, 6.45) is 0.681. The highest BCUT2D eigenvalue weighted by atomic mass is 16.1. The Hall–Kier alpha value is -2.40. The molecule has 2 nitrogen and oxygen atoms in total. The number of ketones is 1. The molecule has 0 bridgehead atoms. The third kappa shape index (κ3) is 1.84. The number of hydrogen-bond acceptors (Lipinski definition) is 2. The summed E-state index contributed by atoms with van der Waals surface area (Å²) in [6, 6.07) is 20.2. The molecule has 2 heteroatoms. The van der Waals surface area contributed by atoms with Gasteiger partial charge in [-0.3, -0.25) is 4.79 Å². The third-order valence-electron chi connectivity index (χ3n) is 3.74. The molecule has 19 heavy (non-hydrogen) atoms. The molecular formula is C17H13NO.